The molecule has 5 atom stereocenters. The number of hydrogen-bond acceptors (Lipinski definition) is 7. The van der Waals surface area contributed by atoms with E-state index in [2.05, 4.69) is 22.6 Å². The first-order valence-corrected chi connectivity index (χ1v) is 11.8. The maximum absolute atomic E-state index is 14.0. The van der Waals surface area contributed by atoms with E-state index in [4.69, 9.17) is 9.47 Å². The molecule has 3 fully saturated rings. The van der Waals surface area contributed by atoms with Gasteiger partial charge in [0.25, 0.3) is 0 Å². The molecule has 0 spiro atoms. The van der Waals surface area contributed by atoms with Crippen molar-refractivity contribution in [3.05, 3.63) is 29.1 Å². The van der Waals surface area contributed by atoms with Gasteiger partial charge in [0.2, 0.25) is 5.91 Å². The van der Waals surface area contributed by atoms with E-state index in [0.29, 0.717) is 32.8 Å². The lowest BCUT2D eigenvalue weighted by molar-refractivity contribution is -0.143. The van der Waals surface area contributed by atoms with Gasteiger partial charge >= 0.3 is 0 Å². The number of aryl methyl sites for hydroxylation is 1. The van der Waals surface area contributed by atoms with Gasteiger partial charge in [-0.05, 0) is 43.2 Å². The molecule has 4 aliphatic rings. The van der Waals surface area contributed by atoms with Gasteiger partial charge < -0.3 is 24.6 Å². The number of nitrogens with one attached hydrogen (secondary N) is 1. The van der Waals surface area contributed by atoms with Gasteiger partial charge in [0, 0.05) is 70.3 Å². The second kappa shape index (κ2) is 8.62. The Morgan fingerprint density at radius 1 is 1.47 bits per heavy atom. The number of likely N-dealkylation sites (tertiary alicyclic amines) is 1. The summed E-state index contributed by atoms with van der Waals surface area (Å²) in [6, 6.07) is 2.65. The highest BCUT2D eigenvalue weighted by molar-refractivity contribution is 5.84. The highest BCUT2D eigenvalue weighted by Gasteiger charge is 2.59. The summed E-state index contributed by atoms with van der Waals surface area (Å²) in [5.74, 6) is 0.414. The average Bonchev–Trinajstić information content (AvgIpc) is 3.32. The van der Waals surface area contributed by atoms with Crippen molar-refractivity contribution in [1.82, 2.24) is 20.1 Å². The molecule has 32 heavy (non-hydrogen) atoms. The standard InChI is InChI=1S/C24H33N5O3/c1-16-7-17-11-29(5-3-20(17)26-10-16)23(30)24-9-19(8-18(24)12-28(14-24)15-25)27-21-4-6-32-13-22(21)31-2/h7,10,18-19,21-22,27H,3-6,8-9,11-14H2,1-2H3/t18-,19+,21?,22?,24-/m0/s1. The Hall–Kier alpha value is -2.21. The van der Waals surface area contributed by atoms with Crippen molar-refractivity contribution >= 4 is 5.91 Å². The van der Waals surface area contributed by atoms with Crippen molar-refractivity contribution in [2.75, 3.05) is 40.0 Å². The number of pyridine rings is 1. The molecule has 0 bridgehead atoms. The quantitative estimate of drug-likeness (QED) is 0.706. The lowest BCUT2D eigenvalue weighted by Gasteiger charge is -2.37. The molecule has 1 amide bonds. The van der Waals surface area contributed by atoms with E-state index in [1.54, 1.807) is 12.0 Å². The Bertz CT molecular complexity index is 917. The zero-order valence-electron chi connectivity index (χ0n) is 19.0. The summed E-state index contributed by atoms with van der Waals surface area (Å²) in [6.45, 7) is 5.91. The third-order valence-corrected chi connectivity index (χ3v) is 7.96. The van der Waals surface area contributed by atoms with Crippen LogP contribution in [0.3, 0.4) is 0 Å². The van der Waals surface area contributed by atoms with E-state index in [0.717, 1.165) is 49.1 Å². The van der Waals surface area contributed by atoms with E-state index >= 15 is 0 Å². The molecular weight excluding hydrogens is 406 g/mol. The maximum atomic E-state index is 14.0. The molecule has 8 heteroatoms. The Labute approximate surface area is 189 Å². The van der Waals surface area contributed by atoms with E-state index in [1.807, 2.05) is 18.0 Å². The number of carbonyl (C=O) groups is 1. The number of methoxy groups -OCH3 is 1. The van der Waals surface area contributed by atoms with Crippen LogP contribution in [0.25, 0.3) is 0 Å². The van der Waals surface area contributed by atoms with Crippen LogP contribution in [0.4, 0.5) is 0 Å². The van der Waals surface area contributed by atoms with Crippen LogP contribution in [0.15, 0.2) is 12.3 Å². The number of aromatic nitrogens is 1. The first-order valence-electron chi connectivity index (χ1n) is 11.8. The summed E-state index contributed by atoms with van der Waals surface area (Å²) in [4.78, 5) is 22.4. The first kappa shape index (κ1) is 21.6. The molecule has 3 aliphatic heterocycles. The van der Waals surface area contributed by atoms with Crippen molar-refractivity contribution in [3.8, 4) is 6.19 Å². The number of ether oxygens (including phenoxy) is 2. The minimum absolute atomic E-state index is 0.0424. The molecule has 2 saturated heterocycles. The van der Waals surface area contributed by atoms with Crippen molar-refractivity contribution < 1.29 is 14.3 Å². The van der Waals surface area contributed by atoms with Crippen LogP contribution in [-0.4, -0.2) is 78.8 Å². The average molecular weight is 440 g/mol. The largest absolute Gasteiger partial charge is 0.379 e. The number of nitriles is 1. The Kier molecular flexibility index (Phi) is 5.82. The smallest absolute Gasteiger partial charge is 0.231 e. The number of carbonyl (C=O) groups excluding carboxylic acids is 1. The minimum atomic E-state index is -0.490. The number of hydrogen-bond donors (Lipinski definition) is 1. The molecule has 1 saturated carbocycles. The van der Waals surface area contributed by atoms with Gasteiger partial charge in [-0.2, -0.15) is 5.26 Å². The number of fused-ring (bicyclic) bond motifs is 2. The molecule has 0 aromatic carbocycles. The van der Waals surface area contributed by atoms with Gasteiger partial charge in [-0.25, -0.2) is 0 Å². The topological polar surface area (TPSA) is 90.7 Å². The van der Waals surface area contributed by atoms with E-state index < -0.39 is 5.41 Å². The molecule has 4 heterocycles. The lowest BCUT2D eigenvalue weighted by atomic mass is 9.78. The highest BCUT2D eigenvalue weighted by Crippen LogP contribution is 2.50. The monoisotopic (exact) mass is 439 g/mol. The molecule has 1 aliphatic carbocycles. The maximum Gasteiger partial charge on any atom is 0.231 e. The van der Waals surface area contributed by atoms with Gasteiger partial charge in [0.1, 0.15) is 0 Å². The SMILES string of the molecule is COC1COCCC1N[C@@H]1C[C@H]2CN(C#N)C[C@@]2(C(=O)N2CCc3ncc(C)cc3C2)C1. The van der Waals surface area contributed by atoms with Crippen molar-refractivity contribution in [2.45, 2.75) is 57.3 Å². The van der Waals surface area contributed by atoms with Gasteiger partial charge in [-0.1, -0.05) is 6.07 Å². The first-order chi connectivity index (χ1) is 15.5. The summed E-state index contributed by atoms with van der Waals surface area (Å²) in [7, 11) is 1.73. The van der Waals surface area contributed by atoms with Crippen LogP contribution in [0, 0.1) is 29.7 Å². The normalized spacial score (nSPS) is 34.2. The summed E-state index contributed by atoms with van der Waals surface area (Å²) in [5.41, 5.74) is 2.90. The zero-order chi connectivity index (χ0) is 22.3. The fraction of sp³-hybridized carbons (Fsp3) is 0.708. The molecule has 0 radical (unpaired) electrons. The second-order valence-electron chi connectivity index (χ2n) is 9.98. The predicted octanol–water partition coefficient (Wildman–Crippen LogP) is 1.23. The van der Waals surface area contributed by atoms with E-state index in [-0.39, 0.29) is 30.0 Å². The highest BCUT2D eigenvalue weighted by atomic mass is 16.5. The van der Waals surface area contributed by atoms with Gasteiger partial charge in [0.15, 0.2) is 6.19 Å². The van der Waals surface area contributed by atoms with Gasteiger partial charge in [0.05, 0.1) is 18.1 Å². The van der Waals surface area contributed by atoms with Crippen LogP contribution < -0.4 is 5.32 Å². The summed E-state index contributed by atoms with van der Waals surface area (Å²) < 4.78 is 11.2. The molecule has 1 aromatic heterocycles. The van der Waals surface area contributed by atoms with Crippen molar-refractivity contribution in [2.24, 2.45) is 11.3 Å². The second-order valence-corrected chi connectivity index (χ2v) is 9.98. The minimum Gasteiger partial charge on any atom is -0.379 e. The van der Waals surface area contributed by atoms with Gasteiger partial charge in [-0.15, -0.1) is 0 Å². The van der Waals surface area contributed by atoms with Crippen LogP contribution in [0.1, 0.15) is 36.1 Å². The van der Waals surface area contributed by atoms with Crippen LogP contribution >= 0.6 is 0 Å². The summed E-state index contributed by atoms with van der Waals surface area (Å²) in [5, 5.41) is 13.4. The van der Waals surface area contributed by atoms with Gasteiger partial charge in [-0.3, -0.25) is 9.78 Å². The Balaban J connectivity index is 1.34. The molecular formula is C24H33N5O3. The molecule has 5 rings (SSSR count). The predicted molar refractivity (Wildman–Crippen MR) is 117 cm³/mol. The molecule has 2 unspecified atom stereocenters. The van der Waals surface area contributed by atoms with E-state index in [9.17, 15) is 10.1 Å². The fourth-order valence-corrected chi connectivity index (χ4v) is 6.38. The number of rotatable bonds is 4. The third-order valence-electron chi connectivity index (χ3n) is 7.96. The van der Waals surface area contributed by atoms with Crippen molar-refractivity contribution in [3.63, 3.8) is 0 Å². The van der Waals surface area contributed by atoms with Crippen molar-refractivity contribution in [1.29, 1.82) is 5.26 Å². The Morgan fingerprint density at radius 2 is 2.34 bits per heavy atom. The summed E-state index contributed by atoms with van der Waals surface area (Å²) in [6.07, 6.45) is 7.66. The molecule has 8 nitrogen and oxygen atoms in total. The lowest BCUT2D eigenvalue weighted by Crippen LogP contribution is -2.52. The zero-order valence-corrected chi connectivity index (χ0v) is 19.0. The summed E-state index contributed by atoms with van der Waals surface area (Å²) >= 11 is 0. The number of amides is 1. The van der Waals surface area contributed by atoms with Crippen LogP contribution in [0.5, 0.6) is 0 Å². The third kappa shape index (κ3) is 3.76. The molecule has 1 aromatic rings. The van der Waals surface area contributed by atoms with E-state index in [1.165, 1.54) is 0 Å². The Morgan fingerprint density at radius 3 is 3.16 bits per heavy atom. The molecule has 172 valence electrons. The number of nitrogens with zero attached hydrogens (tertiary/aromatic N) is 4. The van der Waals surface area contributed by atoms with Crippen LogP contribution in [-0.2, 0) is 27.2 Å². The van der Waals surface area contributed by atoms with Crippen LogP contribution in [0.2, 0.25) is 0 Å². The fourth-order valence-electron chi connectivity index (χ4n) is 6.38. The molecule has 1 N–H and O–H groups in total.